The molecule has 1 fully saturated rings. The maximum atomic E-state index is 12.7. The summed E-state index contributed by atoms with van der Waals surface area (Å²) in [7, 11) is 0. The van der Waals surface area contributed by atoms with Crippen molar-refractivity contribution in [2.24, 2.45) is 0 Å². The molecule has 2 amide bonds. The lowest BCUT2D eigenvalue weighted by atomic mass is 10.2. The van der Waals surface area contributed by atoms with Crippen LogP contribution >= 0.6 is 11.8 Å². The molecular weight excluding hydrogens is 378 g/mol. The molecule has 2 N–H and O–H groups in total. The molecule has 3 aromatic rings. The lowest BCUT2D eigenvalue weighted by Gasteiger charge is -2.23. The summed E-state index contributed by atoms with van der Waals surface area (Å²) in [6, 6.07) is 9.47. The minimum Gasteiger partial charge on any atom is -0.360 e. The van der Waals surface area contributed by atoms with Crippen molar-refractivity contribution in [2.75, 3.05) is 23.4 Å². The Kier molecular flexibility index (Phi) is 5.34. The van der Waals surface area contributed by atoms with Crippen molar-refractivity contribution in [3.05, 3.63) is 41.9 Å². The second-order valence-electron chi connectivity index (χ2n) is 6.75. The van der Waals surface area contributed by atoms with Gasteiger partial charge in [0.15, 0.2) is 5.82 Å². The van der Waals surface area contributed by atoms with Gasteiger partial charge in [-0.15, -0.1) is 11.8 Å². The third kappa shape index (κ3) is 4.04. The monoisotopic (exact) mass is 399 g/mol. The normalized spacial score (nSPS) is 16.6. The maximum Gasteiger partial charge on any atom is 0.235 e. The zero-order valence-electron chi connectivity index (χ0n) is 15.5. The highest BCUT2D eigenvalue weighted by molar-refractivity contribution is 8.00. The van der Waals surface area contributed by atoms with Gasteiger partial charge >= 0.3 is 0 Å². The zero-order valence-corrected chi connectivity index (χ0v) is 16.3. The molecule has 9 heteroatoms. The predicted octanol–water partition coefficient (Wildman–Crippen LogP) is 2.89. The fraction of sp³-hybridized carbons (Fsp3) is 0.368. The van der Waals surface area contributed by atoms with Gasteiger partial charge in [0.2, 0.25) is 11.8 Å². The average Bonchev–Trinajstić information content (AvgIpc) is 3.40. The summed E-state index contributed by atoms with van der Waals surface area (Å²) in [5, 5.41) is 6.37. The molecule has 3 heterocycles. The van der Waals surface area contributed by atoms with Crippen molar-refractivity contribution >= 4 is 40.4 Å². The molecule has 1 aliphatic rings. The Labute approximate surface area is 166 Å². The fourth-order valence-corrected chi connectivity index (χ4v) is 4.10. The van der Waals surface area contributed by atoms with E-state index in [1.165, 1.54) is 11.8 Å². The summed E-state index contributed by atoms with van der Waals surface area (Å²) in [5.41, 5.74) is 1.89. The SMILES string of the molecule is Cc1cc(NC(=O)CSCC(=O)N2CCCC2c2nc3ccccc3[nH]2)no1. The van der Waals surface area contributed by atoms with Crippen molar-refractivity contribution < 1.29 is 14.1 Å². The number of amides is 2. The first-order valence-electron chi connectivity index (χ1n) is 9.15. The first kappa shape index (κ1) is 18.5. The minimum absolute atomic E-state index is 0.0260. The number of fused-ring (bicyclic) bond motifs is 1. The first-order chi connectivity index (χ1) is 13.6. The largest absolute Gasteiger partial charge is 0.360 e. The number of anilines is 1. The van der Waals surface area contributed by atoms with E-state index in [0.29, 0.717) is 18.1 Å². The summed E-state index contributed by atoms with van der Waals surface area (Å²) in [5.74, 6) is 2.10. The molecule has 28 heavy (non-hydrogen) atoms. The van der Waals surface area contributed by atoms with Crippen LogP contribution in [0.3, 0.4) is 0 Å². The number of imidazole rings is 1. The highest BCUT2D eigenvalue weighted by Crippen LogP contribution is 2.31. The summed E-state index contributed by atoms with van der Waals surface area (Å²) in [6.45, 7) is 2.47. The number of likely N-dealkylation sites (tertiary alicyclic amines) is 1. The summed E-state index contributed by atoms with van der Waals surface area (Å²) < 4.78 is 4.91. The standard InChI is InChI=1S/C19H21N5O3S/c1-12-9-16(23-27-12)22-17(25)10-28-11-18(26)24-8-4-7-15(24)19-20-13-5-2-3-6-14(13)21-19/h2-3,5-6,9,15H,4,7-8,10-11H2,1H3,(H,20,21)(H,22,23,25). The fourth-order valence-electron chi connectivity index (χ4n) is 3.40. The maximum absolute atomic E-state index is 12.7. The Morgan fingerprint density at radius 1 is 1.36 bits per heavy atom. The van der Waals surface area contributed by atoms with E-state index >= 15 is 0 Å². The van der Waals surface area contributed by atoms with E-state index in [4.69, 9.17) is 4.52 Å². The van der Waals surface area contributed by atoms with E-state index in [9.17, 15) is 9.59 Å². The van der Waals surface area contributed by atoms with E-state index in [2.05, 4.69) is 20.4 Å². The Balaban J connectivity index is 1.31. The number of aromatic amines is 1. The van der Waals surface area contributed by atoms with E-state index in [1.54, 1.807) is 13.0 Å². The highest BCUT2D eigenvalue weighted by atomic mass is 32.2. The van der Waals surface area contributed by atoms with Gasteiger partial charge in [0, 0.05) is 12.6 Å². The van der Waals surface area contributed by atoms with Gasteiger partial charge in [-0.3, -0.25) is 9.59 Å². The lowest BCUT2D eigenvalue weighted by molar-refractivity contribution is -0.129. The van der Waals surface area contributed by atoms with Crippen molar-refractivity contribution in [3.63, 3.8) is 0 Å². The molecule has 0 radical (unpaired) electrons. The van der Waals surface area contributed by atoms with Crippen LogP contribution in [-0.2, 0) is 9.59 Å². The topological polar surface area (TPSA) is 104 Å². The number of para-hydroxylation sites is 2. The van der Waals surface area contributed by atoms with E-state index in [-0.39, 0.29) is 29.4 Å². The van der Waals surface area contributed by atoms with E-state index in [1.807, 2.05) is 29.2 Å². The lowest BCUT2D eigenvalue weighted by Crippen LogP contribution is -2.32. The number of hydrogen-bond donors (Lipinski definition) is 2. The van der Waals surface area contributed by atoms with E-state index in [0.717, 1.165) is 29.7 Å². The number of carbonyl (C=O) groups is 2. The molecule has 0 aliphatic carbocycles. The van der Waals surface area contributed by atoms with Crippen molar-refractivity contribution in [1.82, 2.24) is 20.0 Å². The molecule has 146 valence electrons. The van der Waals surface area contributed by atoms with Crippen LogP contribution in [0.5, 0.6) is 0 Å². The Bertz CT molecular complexity index is 965. The van der Waals surface area contributed by atoms with Gasteiger partial charge in [0.1, 0.15) is 11.6 Å². The minimum atomic E-state index is -0.207. The van der Waals surface area contributed by atoms with Gasteiger partial charge in [-0.05, 0) is 31.9 Å². The van der Waals surface area contributed by atoms with Crippen LogP contribution in [0.25, 0.3) is 11.0 Å². The number of nitrogens with zero attached hydrogens (tertiary/aromatic N) is 3. The molecule has 1 atom stereocenters. The summed E-state index contributed by atoms with van der Waals surface area (Å²) in [4.78, 5) is 34.5. The van der Waals surface area contributed by atoms with Crippen LogP contribution in [0.15, 0.2) is 34.9 Å². The third-order valence-corrected chi connectivity index (χ3v) is 5.57. The van der Waals surface area contributed by atoms with Crippen LogP contribution in [-0.4, -0.2) is 49.9 Å². The molecule has 8 nitrogen and oxygen atoms in total. The van der Waals surface area contributed by atoms with Crippen LogP contribution in [0, 0.1) is 6.92 Å². The molecule has 1 unspecified atom stereocenters. The van der Waals surface area contributed by atoms with Crippen LogP contribution in [0.4, 0.5) is 5.82 Å². The Morgan fingerprint density at radius 3 is 3.00 bits per heavy atom. The van der Waals surface area contributed by atoms with Crippen molar-refractivity contribution in [3.8, 4) is 0 Å². The third-order valence-electron chi connectivity index (χ3n) is 4.65. The molecule has 0 bridgehead atoms. The number of nitrogens with one attached hydrogen (secondary N) is 2. The summed E-state index contributed by atoms with van der Waals surface area (Å²) in [6.07, 6.45) is 1.84. The van der Waals surface area contributed by atoms with Gasteiger partial charge in [0.05, 0.1) is 28.6 Å². The number of H-pyrrole nitrogens is 1. The number of rotatable bonds is 6. The number of thioether (sulfide) groups is 1. The second-order valence-corrected chi connectivity index (χ2v) is 7.73. The van der Waals surface area contributed by atoms with Crippen molar-refractivity contribution in [2.45, 2.75) is 25.8 Å². The second kappa shape index (κ2) is 8.05. The molecule has 0 spiro atoms. The Morgan fingerprint density at radius 2 is 2.21 bits per heavy atom. The predicted molar refractivity (Wildman–Crippen MR) is 107 cm³/mol. The van der Waals surface area contributed by atoms with Crippen LogP contribution in [0.2, 0.25) is 0 Å². The molecule has 0 saturated carbocycles. The molecular formula is C19H21N5O3S. The molecule has 1 aromatic carbocycles. The molecule has 1 aliphatic heterocycles. The van der Waals surface area contributed by atoms with Crippen LogP contribution < -0.4 is 5.32 Å². The smallest absolute Gasteiger partial charge is 0.235 e. The van der Waals surface area contributed by atoms with Gasteiger partial charge in [0.25, 0.3) is 0 Å². The number of hydrogen-bond acceptors (Lipinski definition) is 6. The van der Waals surface area contributed by atoms with Gasteiger partial charge in [-0.25, -0.2) is 4.98 Å². The zero-order chi connectivity index (χ0) is 19.5. The van der Waals surface area contributed by atoms with Gasteiger partial charge in [-0.2, -0.15) is 0 Å². The van der Waals surface area contributed by atoms with Gasteiger partial charge in [-0.1, -0.05) is 17.3 Å². The average molecular weight is 399 g/mol. The quantitative estimate of drug-likeness (QED) is 0.660. The van der Waals surface area contributed by atoms with E-state index < -0.39 is 0 Å². The van der Waals surface area contributed by atoms with Crippen molar-refractivity contribution in [1.29, 1.82) is 0 Å². The number of benzene rings is 1. The summed E-state index contributed by atoms with van der Waals surface area (Å²) >= 11 is 1.29. The molecule has 1 saturated heterocycles. The molecule has 4 rings (SSSR count). The number of carbonyl (C=O) groups excluding carboxylic acids is 2. The number of aryl methyl sites for hydroxylation is 1. The first-order valence-corrected chi connectivity index (χ1v) is 10.3. The highest BCUT2D eigenvalue weighted by Gasteiger charge is 2.31. The van der Waals surface area contributed by atoms with Gasteiger partial charge < -0.3 is 19.7 Å². The van der Waals surface area contributed by atoms with Crippen LogP contribution in [0.1, 0.15) is 30.5 Å². The molecule has 2 aromatic heterocycles. The Hall–Kier alpha value is -2.81. The number of aromatic nitrogens is 3.